The van der Waals surface area contributed by atoms with Gasteiger partial charge in [-0.15, -0.1) is 0 Å². The van der Waals surface area contributed by atoms with E-state index in [1.807, 2.05) is 0 Å². The third-order valence-electron chi connectivity index (χ3n) is 3.65. The SMILES string of the molecule is CCNCc1c(C2CCCCC2)n[nH]c1C. The molecule has 1 fully saturated rings. The van der Waals surface area contributed by atoms with Crippen LogP contribution in [0.2, 0.25) is 0 Å². The molecule has 0 aliphatic heterocycles. The smallest absolute Gasteiger partial charge is 0.0700 e. The van der Waals surface area contributed by atoms with Crippen LogP contribution in [0.25, 0.3) is 0 Å². The second-order valence-corrected chi connectivity index (χ2v) is 4.83. The van der Waals surface area contributed by atoms with Crippen LogP contribution >= 0.6 is 0 Å². The van der Waals surface area contributed by atoms with Crippen LogP contribution in [-0.4, -0.2) is 16.7 Å². The maximum atomic E-state index is 4.53. The summed E-state index contributed by atoms with van der Waals surface area (Å²) in [4.78, 5) is 0. The summed E-state index contributed by atoms with van der Waals surface area (Å²) in [7, 11) is 0. The van der Waals surface area contributed by atoms with Crippen molar-refractivity contribution >= 4 is 0 Å². The van der Waals surface area contributed by atoms with E-state index in [9.17, 15) is 0 Å². The highest BCUT2D eigenvalue weighted by atomic mass is 15.1. The zero-order valence-electron chi connectivity index (χ0n) is 10.5. The van der Waals surface area contributed by atoms with E-state index in [-0.39, 0.29) is 0 Å². The van der Waals surface area contributed by atoms with Gasteiger partial charge in [0, 0.05) is 23.7 Å². The van der Waals surface area contributed by atoms with Crippen LogP contribution in [0, 0.1) is 6.92 Å². The third-order valence-corrected chi connectivity index (χ3v) is 3.65. The van der Waals surface area contributed by atoms with Gasteiger partial charge in [-0.1, -0.05) is 26.2 Å². The maximum Gasteiger partial charge on any atom is 0.0700 e. The summed E-state index contributed by atoms with van der Waals surface area (Å²) in [6, 6.07) is 0. The molecule has 0 radical (unpaired) electrons. The molecule has 1 aromatic rings. The Labute approximate surface area is 98.0 Å². The second-order valence-electron chi connectivity index (χ2n) is 4.83. The Hall–Kier alpha value is -0.830. The van der Waals surface area contributed by atoms with Crippen LogP contribution in [0.1, 0.15) is 61.9 Å². The summed E-state index contributed by atoms with van der Waals surface area (Å²) >= 11 is 0. The van der Waals surface area contributed by atoms with E-state index in [4.69, 9.17) is 0 Å². The van der Waals surface area contributed by atoms with Crippen LogP contribution in [0.5, 0.6) is 0 Å². The summed E-state index contributed by atoms with van der Waals surface area (Å²) < 4.78 is 0. The number of aryl methyl sites for hydroxylation is 1. The third kappa shape index (κ3) is 2.46. The van der Waals surface area contributed by atoms with E-state index in [1.54, 1.807) is 0 Å². The number of aromatic amines is 1. The monoisotopic (exact) mass is 221 g/mol. The maximum absolute atomic E-state index is 4.53. The molecule has 16 heavy (non-hydrogen) atoms. The van der Waals surface area contributed by atoms with Crippen molar-refractivity contribution < 1.29 is 0 Å². The van der Waals surface area contributed by atoms with Gasteiger partial charge < -0.3 is 5.32 Å². The number of nitrogens with zero attached hydrogens (tertiary/aromatic N) is 1. The normalized spacial score (nSPS) is 17.9. The highest BCUT2D eigenvalue weighted by Crippen LogP contribution is 2.33. The Balaban J connectivity index is 2.12. The fourth-order valence-electron chi connectivity index (χ4n) is 2.66. The molecule has 0 spiro atoms. The molecule has 0 unspecified atom stereocenters. The summed E-state index contributed by atoms with van der Waals surface area (Å²) in [6.07, 6.45) is 6.80. The average molecular weight is 221 g/mol. The van der Waals surface area contributed by atoms with Gasteiger partial charge in [-0.2, -0.15) is 5.10 Å². The lowest BCUT2D eigenvalue weighted by atomic mass is 9.85. The molecule has 90 valence electrons. The van der Waals surface area contributed by atoms with Crippen LogP contribution in [0.3, 0.4) is 0 Å². The molecule has 1 heterocycles. The molecule has 0 bridgehead atoms. The van der Waals surface area contributed by atoms with Crippen molar-refractivity contribution in [3.63, 3.8) is 0 Å². The first-order valence-corrected chi connectivity index (χ1v) is 6.57. The fourth-order valence-corrected chi connectivity index (χ4v) is 2.66. The molecule has 3 nitrogen and oxygen atoms in total. The Morgan fingerprint density at radius 1 is 1.31 bits per heavy atom. The van der Waals surface area contributed by atoms with E-state index < -0.39 is 0 Å². The minimum Gasteiger partial charge on any atom is -0.313 e. The van der Waals surface area contributed by atoms with Crippen molar-refractivity contribution in [1.82, 2.24) is 15.5 Å². The summed E-state index contributed by atoms with van der Waals surface area (Å²) in [5, 5.41) is 11.1. The quantitative estimate of drug-likeness (QED) is 0.820. The fraction of sp³-hybridized carbons (Fsp3) is 0.769. The molecule has 1 aliphatic rings. The highest BCUT2D eigenvalue weighted by molar-refractivity contribution is 5.27. The molecular formula is C13H23N3. The Kier molecular flexibility index (Phi) is 3.99. The molecule has 0 aromatic carbocycles. The molecule has 1 saturated carbocycles. The minimum atomic E-state index is 0.701. The van der Waals surface area contributed by atoms with Gasteiger partial charge in [0.1, 0.15) is 0 Å². The van der Waals surface area contributed by atoms with Crippen molar-refractivity contribution in [2.24, 2.45) is 0 Å². The number of hydrogen-bond donors (Lipinski definition) is 2. The van der Waals surface area contributed by atoms with E-state index in [0.29, 0.717) is 5.92 Å². The highest BCUT2D eigenvalue weighted by Gasteiger charge is 2.21. The van der Waals surface area contributed by atoms with Gasteiger partial charge in [0.15, 0.2) is 0 Å². The second kappa shape index (κ2) is 5.48. The topological polar surface area (TPSA) is 40.7 Å². The number of hydrogen-bond acceptors (Lipinski definition) is 2. The Morgan fingerprint density at radius 3 is 2.75 bits per heavy atom. The molecule has 1 aliphatic carbocycles. The number of aromatic nitrogens is 2. The molecule has 2 N–H and O–H groups in total. The molecule has 2 rings (SSSR count). The Morgan fingerprint density at radius 2 is 2.06 bits per heavy atom. The van der Waals surface area contributed by atoms with Gasteiger partial charge in [-0.3, -0.25) is 5.10 Å². The van der Waals surface area contributed by atoms with E-state index in [1.165, 1.54) is 49.1 Å². The molecule has 0 atom stereocenters. The summed E-state index contributed by atoms with van der Waals surface area (Å²) in [5.41, 5.74) is 3.98. The van der Waals surface area contributed by atoms with E-state index in [2.05, 4.69) is 29.4 Å². The lowest BCUT2D eigenvalue weighted by Crippen LogP contribution is -2.15. The van der Waals surface area contributed by atoms with Gasteiger partial charge in [-0.25, -0.2) is 0 Å². The lowest BCUT2D eigenvalue weighted by molar-refractivity contribution is 0.433. The zero-order valence-corrected chi connectivity index (χ0v) is 10.5. The van der Waals surface area contributed by atoms with Crippen LogP contribution in [0.15, 0.2) is 0 Å². The number of H-pyrrole nitrogens is 1. The molecule has 0 saturated heterocycles. The predicted molar refractivity (Wildman–Crippen MR) is 66.5 cm³/mol. The molecule has 1 aromatic heterocycles. The van der Waals surface area contributed by atoms with E-state index >= 15 is 0 Å². The van der Waals surface area contributed by atoms with Gasteiger partial charge in [-0.05, 0) is 26.3 Å². The molecule has 3 heteroatoms. The van der Waals surface area contributed by atoms with Crippen LogP contribution in [0.4, 0.5) is 0 Å². The lowest BCUT2D eigenvalue weighted by Gasteiger charge is -2.21. The Bertz CT molecular complexity index is 324. The molecular weight excluding hydrogens is 198 g/mol. The summed E-state index contributed by atoms with van der Waals surface area (Å²) in [6.45, 7) is 6.26. The van der Waals surface area contributed by atoms with Crippen molar-refractivity contribution in [1.29, 1.82) is 0 Å². The van der Waals surface area contributed by atoms with Gasteiger partial charge >= 0.3 is 0 Å². The largest absolute Gasteiger partial charge is 0.313 e. The predicted octanol–water partition coefficient (Wildman–Crippen LogP) is 2.88. The minimum absolute atomic E-state index is 0.701. The first-order valence-electron chi connectivity index (χ1n) is 6.57. The van der Waals surface area contributed by atoms with Gasteiger partial charge in [0.2, 0.25) is 0 Å². The van der Waals surface area contributed by atoms with Gasteiger partial charge in [0.25, 0.3) is 0 Å². The van der Waals surface area contributed by atoms with Crippen LogP contribution < -0.4 is 5.32 Å². The first kappa shape index (κ1) is 11.6. The van der Waals surface area contributed by atoms with Crippen LogP contribution in [-0.2, 0) is 6.54 Å². The van der Waals surface area contributed by atoms with Crippen molar-refractivity contribution in [3.05, 3.63) is 17.0 Å². The van der Waals surface area contributed by atoms with Crippen molar-refractivity contribution in [3.8, 4) is 0 Å². The average Bonchev–Trinajstić information content (AvgIpc) is 2.69. The van der Waals surface area contributed by atoms with Crippen molar-refractivity contribution in [2.75, 3.05) is 6.54 Å². The molecule has 0 amide bonds. The zero-order chi connectivity index (χ0) is 11.4. The van der Waals surface area contributed by atoms with Gasteiger partial charge in [0.05, 0.1) is 5.69 Å². The number of rotatable bonds is 4. The standard InChI is InChI=1S/C13H23N3/c1-3-14-9-12-10(2)15-16-13(12)11-7-5-4-6-8-11/h11,14H,3-9H2,1-2H3,(H,15,16). The summed E-state index contributed by atoms with van der Waals surface area (Å²) in [5.74, 6) is 0.701. The number of nitrogens with one attached hydrogen (secondary N) is 2. The van der Waals surface area contributed by atoms with Crippen molar-refractivity contribution in [2.45, 2.75) is 58.4 Å². The first-order chi connectivity index (χ1) is 7.83. The van der Waals surface area contributed by atoms with E-state index in [0.717, 1.165) is 13.1 Å².